The maximum atomic E-state index is 5.55. The molecule has 70 valence electrons. The lowest BCUT2D eigenvalue weighted by molar-refractivity contribution is -0.0229. The molecule has 2 aliphatic rings. The molecule has 0 aromatic rings. The summed E-state index contributed by atoms with van der Waals surface area (Å²) in [6.07, 6.45) is 2.89. The van der Waals surface area contributed by atoms with E-state index in [1.165, 1.54) is 6.42 Å². The topological polar surface area (TPSA) is 33.3 Å². The van der Waals surface area contributed by atoms with Gasteiger partial charge in [0, 0.05) is 25.6 Å². The molecule has 0 aromatic carbocycles. The number of methoxy groups -OCH3 is 1. The van der Waals surface area contributed by atoms with Crippen molar-refractivity contribution in [2.45, 2.75) is 18.9 Å². The van der Waals surface area contributed by atoms with Gasteiger partial charge in [-0.05, 0) is 25.9 Å². The molecule has 2 saturated heterocycles. The lowest BCUT2D eigenvalue weighted by Crippen LogP contribution is -2.51. The van der Waals surface area contributed by atoms with E-state index >= 15 is 0 Å². The van der Waals surface area contributed by atoms with Crippen LogP contribution < -0.4 is 10.6 Å². The highest BCUT2D eigenvalue weighted by Gasteiger charge is 2.43. The lowest BCUT2D eigenvalue weighted by atomic mass is 9.77. The number of hydrogen-bond acceptors (Lipinski definition) is 3. The predicted molar refractivity (Wildman–Crippen MR) is 48.2 cm³/mol. The Morgan fingerprint density at radius 2 is 2.00 bits per heavy atom. The molecule has 2 N–H and O–H groups in total. The average Bonchev–Trinajstić information content (AvgIpc) is 2.55. The summed E-state index contributed by atoms with van der Waals surface area (Å²) in [7, 11) is 1.84. The molecule has 3 nitrogen and oxygen atoms in total. The first kappa shape index (κ1) is 8.48. The van der Waals surface area contributed by atoms with Crippen molar-refractivity contribution in [1.82, 2.24) is 10.6 Å². The van der Waals surface area contributed by atoms with Gasteiger partial charge in [0.15, 0.2) is 0 Å². The van der Waals surface area contributed by atoms with Gasteiger partial charge >= 0.3 is 0 Å². The van der Waals surface area contributed by atoms with Gasteiger partial charge in [-0.2, -0.15) is 0 Å². The van der Waals surface area contributed by atoms with Crippen LogP contribution in [0.25, 0.3) is 0 Å². The molecule has 2 fully saturated rings. The van der Waals surface area contributed by atoms with Crippen LogP contribution >= 0.6 is 0 Å². The minimum Gasteiger partial charge on any atom is -0.381 e. The summed E-state index contributed by atoms with van der Waals surface area (Å²) < 4.78 is 5.55. The van der Waals surface area contributed by atoms with Crippen LogP contribution in [-0.4, -0.2) is 39.4 Å². The van der Waals surface area contributed by atoms with E-state index in [1.54, 1.807) is 0 Å². The largest absolute Gasteiger partial charge is 0.381 e. The molecular weight excluding hydrogens is 152 g/mol. The quantitative estimate of drug-likeness (QED) is 0.580. The van der Waals surface area contributed by atoms with Crippen molar-refractivity contribution in [2.24, 2.45) is 5.41 Å². The molecule has 3 heteroatoms. The summed E-state index contributed by atoms with van der Waals surface area (Å²) >= 11 is 0. The first-order valence-electron chi connectivity index (χ1n) is 4.82. The van der Waals surface area contributed by atoms with Crippen LogP contribution in [0.15, 0.2) is 0 Å². The Bertz CT molecular complexity index is 155. The first-order chi connectivity index (χ1) is 5.87. The van der Waals surface area contributed by atoms with E-state index in [2.05, 4.69) is 10.6 Å². The Balaban J connectivity index is 2.07. The molecule has 0 amide bonds. The third-order valence-corrected chi connectivity index (χ3v) is 3.30. The van der Waals surface area contributed by atoms with Crippen molar-refractivity contribution in [2.75, 3.05) is 33.3 Å². The molecular formula is C9H18N2O. The minimum absolute atomic E-state index is 0.396. The van der Waals surface area contributed by atoms with Crippen LogP contribution in [0.3, 0.4) is 0 Å². The number of rotatable bonds is 1. The zero-order valence-corrected chi connectivity index (χ0v) is 7.73. The van der Waals surface area contributed by atoms with Gasteiger partial charge < -0.3 is 15.4 Å². The van der Waals surface area contributed by atoms with Crippen molar-refractivity contribution in [3.63, 3.8) is 0 Å². The molecule has 2 unspecified atom stereocenters. The molecule has 0 radical (unpaired) electrons. The summed E-state index contributed by atoms with van der Waals surface area (Å²) in [6, 6.07) is 0. The second kappa shape index (κ2) is 3.32. The molecule has 12 heavy (non-hydrogen) atoms. The third-order valence-electron chi connectivity index (χ3n) is 3.30. The van der Waals surface area contributed by atoms with Crippen LogP contribution in [0.4, 0.5) is 0 Å². The lowest BCUT2D eigenvalue weighted by Gasteiger charge is -2.40. The summed E-state index contributed by atoms with van der Waals surface area (Å²) in [5.74, 6) is 0. The van der Waals surface area contributed by atoms with Gasteiger partial charge in [0.1, 0.15) is 0 Å². The van der Waals surface area contributed by atoms with Gasteiger partial charge in [0.05, 0.1) is 6.10 Å². The predicted octanol–water partition coefficient (Wildman–Crippen LogP) is -0.0256. The summed E-state index contributed by atoms with van der Waals surface area (Å²) in [4.78, 5) is 0. The highest BCUT2D eigenvalue weighted by molar-refractivity contribution is 4.98. The van der Waals surface area contributed by atoms with E-state index in [0.29, 0.717) is 11.5 Å². The molecule has 0 bridgehead atoms. The zero-order valence-electron chi connectivity index (χ0n) is 7.73. The Labute approximate surface area is 73.9 Å². The smallest absolute Gasteiger partial charge is 0.0664 e. The Kier molecular flexibility index (Phi) is 2.35. The summed E-state index contributed by atoms with van der Waals surface area (Å²) in [6.45, 7) is 4.51. The van der Waals surface area contributed by atoms with Crippen LogP contribution in [0, 0.1) is 5.41 Å². The van der Waals surface area contributed by atoms with Crippen molar-refractivity contribution < 1.29 is 4.74 Å². The van der Waals surface area contributed by atoms with E-state index in [0.717, 1.165) is 32.6 Å². The Hall–Kier alpha value is -0.120. The van der Waals surface area contributed by atoms with Crippen molar-refractivity contribution in [3.05, 3.63) is 0 Å². The Morgan fingerprint density at radius 1 is 1.25 bits per heavy atom. The standard InChI is InChI=1S/C9H18N2O/c1-12-8-2-4-10-6-9(8)3-5-11-7-9/h8,10-11H,2-7H2,1H3. The van der Waals surface area contributed by atoms with Gasteiger partial charge in [0.2, 0.25) is 0 Å². The van der Waals surface area contributed by atoms with Gasteiger partial charge in [-0.1, -0.05) is 0 Å². The molecule has 2 aliphatic heterocycles. The normalized spacial score (nSPS) is 42.2. The van der Waals surface area contributed by atoms with Gasteiger partial charge in [-0.3, -0.25) is 0 Å². The highest BCUT2D eigenvalue weighted by atomic mass is 16.5. The summed E-state index contributed by atoms with van der Waals surface area (Å²) in [5.41, 5.74) is 0.396. The molecule has 2 rings (SSSR count). The SMILES string of the molecule is COC1CCNCC12CCNC2. The molecule has 0 saturated carbocycles. The second-order valence-electron chi connectivity index (χ2n) is 3.98. The minimum atomic E-state index is 0.396. The van der Waals surface area contributed by atoms with Gasteiger partial charge in [-0.15, -0.1) is 0 Å². The van der Waals surface area contributed by atoms with Gasteiger partial charge in [-0.25, -0.2) is 0 Å². The fraction of sp³-hybridized carbons (Fsp3) is 1.00. The van der Waals surface area contributed by atoms with E-state index in [1.807, 2.05) is 7.11 Å². The summed E-state index contributed by atoms with van der Waals surface area (Å²) in [5, 5.41) is 6.89. The first-order valence-corrected chi connectivity index (χ1v) is 4.82. The van der Waals surface area contributed by atoms with Gasteiger partial charge in [0.25, 0.3) is 0 Å². The number of nitrogens with one attached hydrogen (secondary N) is 2. The monoisotopic (exact) mass is 170 g/mol. The van der Waals surface area contributed by atoms with Crippen molar-refractivity contribution in [1.29, 1.82) is 0 Å². The second-order valence-corrected chi connectivity index (χ2v) is 3.98. The fourth-order valence-electron chi connectivity index (χ4n) is 2.55. The average molecular weight is 170 g/mol. The number of hydrogen-bond donors (Lipinski definition) is 2. The molecule has 1 spiro atoms. The number of ether oxygens (including phenoxy) is 1. The van der Waals surface area contributed by atoms with Crippen molar-refractivity contribution in [3.8, 4) is 0 Å². The van der Waals surface area contributed by atoms with Crippen molar-refractivity contribution >= 4 is 0 Å². The Morgan fingerprint density at radius 3 is 2.67 bits per heavy atom. The van der Waals surface area contributed by atoms with Crippen LogP contribution in [0.1, 0.15) is 12.8 Å². The molecule has 0 aliphatic carbocycles. The van der Waals surface area contributed by atoms with Crippen LogP contribution in [-0.2, 0) is 4.74 Å². The van der Waals surface area contributed by atoms with E-state index in [4.69, 9.17) is 4.74 Å². The van der Waals surface area contributed by atoms with E-state index in [9.17, 15) is 0 Å². The van der Waals surface area contributed by atoms with Crippen LogP contribution in [0.5, 0.6) is 0 Å². The third kappa shape index (κ3) is 1.26. The molecule has 2 heterocycles. The maximum absolute atomic E-state index is 5.55. The van der Waals surface area contributed by atoms with E-state index < -0.39 is 0 Å². The van der Waals surface area contributed by atoms with Crippen LogP contribution in [0.2, 0.25) is 0 Å². The zero-order chi connectivity index (χ0) is 8.44. The molecule has 0 aromatic heterocycles. The highest BCUT2D eigenvalue weighted by Crippen LogP contribution is 2.34. The maximum Gasteiger partial charge on any atom is 0.0664 e. The number of piperidine rings is 1. The van der Waals surface area contributed by atoms with E-state index in [-0.39, 0.29) is 0 Å². The fourth-order valence-corrected chi connectivity index (χ4v) is 2.55. The molecule has 2 atom stereocenters.